The van der Waals surface area contributed by atoms with E-state index in [1.165, 1.54) is 30.6 Å². The van der Waals surface area contributed by atoms with E-state index in [1.807, 2.05) is 0 Å². The molecule has 0 bridgehead atoms. The van der Waals surface area contributed by atoms with Crippen molar-refractivity contribution >= 4 is 11.4 Å². The maximum Gasteiger partial charge on any atom is 0.142 e. The average Bonchev–Trinajstić information content (AvgIpc) is 2.58. The molecule has 1 heterocycles. The van der Waals surface area contributed by atoms with Gasteiger partial charge in [-0.25, -0.2) is 0 Å². The number of rotatable bonds is 4. The molecule has 0 aromatic heterocycles. The van der Waals surface area contributed by atoms with Gasteiger partial charge in [0.05, 0.1) is 11.4 Å². The Morgan fingerprint density at radius 2 is 1.80 bits per heavy atom. The highest BCUT2D eigenvalue weighted by atomic mass is 15.4. The molecule has 15 heavy (non-hydrogen) atoms. The van der Waals surface area contributed by atoms with Crippen LogP contribution >= 0.6 is 0 Å². The first kappa shape index (κ1) is 10.3. The van der Waals surface area contributed by atoms with Gasteiger partial charge in [-0.15, -0.1) is 0 Å². The molecule has 2 nitrogen and oxygen atoms in total. The zero-order valence-corrected chi connectivity index (χ0v) is 9.61. The standard InChI is InChI=1S/C13H19N2/c1-3-4-7-10-15-11-14(2)12-8-5-6-9-13(12)15/h5-6,8-9,11H,3-4,7,10H2,1-2H3. The van der Waals surface area contributed by atoms with E-state index in [1.54, 1.807) is 0 Å². The second kappa shape index (κ2) is 4.56. The van der Waals surface area contributed by atoms with E-state index in [2.05, 4.69) is 54.7 Å². The van der Waals surface area contributed by atoms with E-state index < -0.39 is 0 Å². The molecule has 0 N–H and O–H groups in total. The zero-order valence-electron chi connectivity index (χ0n) is 9.61. The lowest BCUT2D eigenvalue weighted by molar-refractivity contribution is 0.705. The summed E-state index contributed by atoms with van der Waals surface area (Å²) in [7, 11) is 2.11. The van der Waals surface area contributed by atoms with Crippen LogP contribution in [0.1, 0.15) is 26.2 Å². The molecular weight excluding hydrogens is 184 g/mol. The van der Waals surface area contributed by atoms with Gasteiger partial charge in [0, 0.05) is 13.6 Å². The first-order valence-corrected chi connectivity index (χ1v) is 5.76. The van der Waals surface area contributed by atoms with Crippen molar-refractivity contribution in [3.05, 3.63) is 30.9 Å². The molecule has 0 saturated heterocycles. The molecule has 2 rings (SSSR count). The fourth-order valence-electron chi connectivity index (χ4n) is 2.05. The van der Waals surface area contributed by atoms with Crippen molar-refractivity contribution in [1.29, 1.82) is 0 Å². The topological polar surface area (TPSA) is 6.48 Å². The summed E-state index contributed by atoms with van der Waals surface area (Å²) >= 11 is 0. The molecule has 1 radical (unpaired) electrons. The molecule has 0 spiro atoms. The summed E-state index contributed by atoms with van der Waals surface area (Å²) in [5.41, 5.74) is 2.66. The summed E-state index contributed by atoms with van der Waals surface area (Å²) in [6, 6.07) is 8.57. The van der Waals surface area contributed by atoms with Crippen LogP contribution in [0.25, 0.3) is 0 Å². The van der Waals surface area contributed by atoms with E-state index in [-0.39, 0.29) is 0 Å². The van der Waals surface area contributed by atoms with Crippen LogP contribution in [-0.4, -0.2) is 13.6 Å². The Hall–Kier alpha value is -1.18. The largest absolute Gasteiger partial charge is 0.349 e. The maximum absolute atomic E-state index is 2.35. The summed E-state index contributed by atoms with van der Waals surface area (Å²) in [5.74, 6) is 0. The third-order valence-corrected chi connectivity index (χ3v) is 2.89. The van der Waals surface area contributed by atoms with Crippen LogP contribution in [0.5, 0.6) is 0 Å². The van der Waals surface area contributed by atoms with Gasteiger partial charge in [0.2, 0.25) is 0 Å². The minimum absolute atomic E-state index is 1.13. The van der Waals surface area contributed by atoms with Crippen molar-refractivity contribution in [2.75, 3.05) is 23.4 Å². The first-order chi connectivity index (χ1) is 7.33. The van der Waals surface area contributed by atoms with E-state index in [4.69, 9.17) is 0 Å². The van der Waals surface area contributed by atoms with Crippen LogP contribution in [0.4, 0.5) is 11.4 Å². The fourth-order valence-corrected chi connectivity index (χ4v) is 2.05. The van der Waals surface area contributed by atoms with Gasteiger partial charge in [-0.1, -0.05) is 31.9 Å². The lowest BCUT2D eigenvalue weighted by Gasteiger charge is -2.17. The highest BCUT2D eigenvalue weighted by molar-refractivity contribution is 5.77. The second-order valence-electron chi connectivity index (χ2n) is 4.12. The van der Waals surface area contributed by atoms with Crippen LogP contribution in [0.15, 0.2) is 24.3 Å². The Morgan fingerprint density at radius 1 is 1.07 bits per heavy atom. The Labute approximate surface area is 92.5 Å². The van der Waals surface area contributed by atoms with Gasteiger partial charge in [-0.05, 0) is 18.6 Å². The molecule has 0 amide bonds. The Bertz CT molecular complexity index is 322. The van der Waals surface area contributed by atoms with Crippen molar-refractivity contribution in [3.63, 3.8) is 0 Å². The summed E-state index contributed by atoms with van der Waals surface area (Å²) in [6.45, 7) is 5.57. The molecule has 1 aliphatic rings. The van der Waals surface area contributed by atoms with E-state index in [0.717, 1.165) is 6.54 Å². The maximum atomic E-state index is 2.35. The van der Waals surface area contributed by atoms with Crippen LogP contribution in [0.3, 0.4) is 0 Å². The number of para-hydroxylation sites is 2. The lowest BCUT2D eigenvalue weighted by atomic mass is 10.2. The van der Waals surface area contributed by atoms with Gasteiger partial charge in [-0.2, -0.15) is 0 Å². The molecule has 1 aromatic rings. The van der Waals surface area contributed by atoms with Gasteiger partial charge in [-0.3, -0.25) is 0 Å². The molecule has 0 unspecified atom stereocenters. The third kappa shape index (κ3) is 2.09. The van der Waals surface area contributed by atoms with E-state index in [0.29, 0.717) is 0 Å². The van der Waals surface area contributed by atoms with Gasteiger partial charge in [0.25, 0.3) is 0 Å². The minimum atomic E-state index is 1.13. The molecular formula is C13H19N2. The van der Waals surface area contributed by atoms with E-state index in [9.17, 15) is 0 Å². The minimum Gasteiger partial charge on any atom is -0.349 e. The van der Waals surface area contributed by atoms with Crippen LogP contribution in [-0.2, 0) is 0 Å². The second-order valence-corrected chi connectivity index (χ2v) is 4.12. The molecule has 81 valence electrons. The summed E-state index contributed by atoms with van der Waals surface area (Å²) in [5, 5.41) is 0. The third-order valence-electron chi connectivity index (χ3n) is 2.89. The van der Waals surface area contributed by atoms with Crippen molar-refractivity contribution in [2.45, 2.75) is 26.2 Å². The highest BCUT2D eigenvalue weighted by Crippen LogP contribution is 2.36. The van der Waals surface area contributed by atoms with Crippen molar-refractivity contribution < 1.29 is 0 Å². The Balaban J connectivity index is 2.04. The number of nitrogens with zero attached hydrogens (tertiary/aromatic N) is 2. The smallest absolute Gasteiger partial charge is 0.142 e. The van der Waals surface area contributed by atoms with Crippen molar-refractivity contribution in [2.24, 2.45) is 0 Å². The summed E-state index contributed by atoms with van der Waals surface area (Å²) in [4.78, 5) is 4.55. The number of benzene rings is 1. The van der Waals surface area contributed by atoms with Crippen LogP contribution < -0.4 is 9.80 Å². The Morgan fingerprint density at radius 3 is 2.53 bits per heavy atom. The average molecular weight is 203 g/mol. The highest BCUT2D eigenvalue weighted by Gasteiger charge is 2.22. The summed E-state index contributed by atoms with van der Waals surface area (Å²) < 4.78 is 0. The van der Waals surface area contributed by atoms with Gasteiger partial charge in [0.15, 0.2) is 0 Å². The zero-order chi connectivity index (χ0) is 10.7. The predicted octanol–water partition coefficient (Wildman–Crippen LogP) is 3.25. The molecule has 2 heteroatoms. The summed E-state index contributed by atoms with van der Waals surface area (Å²) in [6.07, 6.45) is 3.87. The molecule has 1 aliphatic heterocycles. The van der Waals surface area contributed by atoms with Crippen molar-refractivity contribution in [3.8, 4) is 0 Å². The normalized spacial score (nSPS) is 14.5. The van der Waals surface area contributed by atoms with Gasteiger partial charge >= 0.3 is 0 Å². The first-order valence-electron chi connectivity index (χ1n) is 5.76. The quantitative estimate of drug-likeness (QED) is 0.693. The van der Waals surface area contributed by atoms with Crippen molar-refractivity contribution in [1.82, 2.24) is 0 Å². The molecule has 0 fully saturated rings. The fraction of sp³-hybridized carbons (Fsp3) is 0.462. The predicted molar refractivity (Wildman–Crippen MR) is 66.0 cm³/mol. The number of hydrogen-bond acceptors (Lipinski definition) is 2. The molecule has 0 aliphatic carbocycles. The molecule has 0 atom stereocenters. The lowest BCUT2D eigenvalue weighted by Crippen LogP contribution is -2.23. The monoisotopic (exact) mass is 203 g/mol. The number of unbranched alkanes of at least 4 members (excludes halogenated alkanes) is 2. The van der Waals surface area contributed by atoms with E-state index >= 15 is 0 Å². The molecule has 1 aromatic carbocycles. The van der Waals surface area contributed by atoms with Crippen LogP contribution in [0, 0.1) is 6.67 Å². The number of fused-ring (bicyclic) bond motifs is 1. The SMILES string of the molecule is CCCCCN1[CH]N(C)c2ccccc21. The van der Waals surface area contributed by atoms with Gasteiger partial charge < -0.3 is 9.80 Å². The van der Waals surface area contributed by atoms with Gasteiger partial charge in [0.1, 0.15) is 6.67 Å². The number of anilines is 2. The molecule has 0 saturated carbocycles. The number of hydrogen-bond donors (Lipinski definition) is 0. The van der Waals surface area contributed by atoms with Crippen LogP contribution in [0.2, 0.25) is 0 Å². The Kier molecular flexibility index (Phi) is 3.14.